The molecule has 2 aromatic rings. The van der Waals surface area contributed by atoms with Crippen molar-refractivity contribution >= 4 is 17.5 Å². The first-order chi connectivity index (χ1) is 14.9. The fraction of sp³-hybridized carbons (Fsp3) is 0.440. The number of rotatable bonds is 4. The lowest BCUT2D eigenvalue weighted by atomic mass is 9.51. The number of anilines is 1. The van der Waals surface area contributed by atoms with Gasteiger partial charge in [0.05, 0.1) is 5.56 Å². The second kappa shape index (κ2) is 7.36. The topological polar surface area (TPSA) is 70.2 Å². The van der Waals surface area contributed by atoms with Crippen molar-refractivity contribution in [2.45, 2.75) is 44.7 Å². The van der Waals surface area contributed by atoms with Gasteiger partial charge in [-0.3, -0.25) is 9.59 Å². The van der Waals surface area contributed by atoms with E-state index in [0.29, 0.717) is 24.1 Å². The number of benzene rings is 2. The molecular formula is C25H28FN3O2. The highest BCUT2D eigenvalue weighted by molar-refractivity contribution is 6.02. The van der Waals surface area contributed by atoms with Gasteiger partial charge in [0.15, 0.2) is 0 Å². The van der Waals surface area contributed by atoms with Gasteiger partial charge in [-0.2, -0.15) is 0 Å². The minimum atomic E-state index is -0.498. The van der Waals surface area contributed by atoms with Crippen molar-refractivity contribution in [1.82, 2.24) is 10.6 Å². The number of carbonyl (C=O) groups is 2. The highest BCUT2D eigenvalue weighted by Crippen LogP contribution is 2.58. The fourth-order valence-electron chi connectivity index (χ4n) is 6.00. The monoisotopic (exact) mass is 421 g/mol. The standard InChI is InChI=1S/C25H28FN3O2/c1-24-12-10-17(25(15-24)28-21-9-5-3-7-18(21)22(30)29-25)14-19(24)23(31)27-13-11-16-6-2-4-8-20(16)26/h2-9,17,19,28H,10-15H2,1H3,(H,27,31)(H,29,30). The largest absolute Gasteiger partial charge is 0.362 e. The summed E-state index contributed by atoms with van der Waals surface area (Å²) in [6.45, 7) is 2.59. The third-order valence-electron chi connectivity index (χ3n) is 7.64. The third kappa shape index (κ3) is 3.38. The molecule has 6 heteroatoms. The SMILES string of the molecule is CC12CCC(CC1C(=O)NCCc1ccccc1F)C1(C2)NC(=O)c2ccccc2N1. The number of hydrogen-bond donors (Lipinski definition) is 3. The molecule has 162 valence electrons. The van der Waals surface area contributed by atoms with E-state index in [-0.39, 0.29) is 34.9 Å². The Bertz CT molecular complexity index is 1040. The number of amides is 2. The van der Waals surface area contributed by atoms with Gasteiger partial charge in [-0.05, 0) is 61.3 Å². The lowest BCUT2D eigenvalue weighted by Gasteiger charge is -2.60. The van der Waals surface area contributed by atoms with Crippen molar-refractivity contribution in [2.24, 2.45) is 17.3 Å². The van der Waals surface area contributed by atoms with Crippen molar-refractivity contribution in [3.8, 4) is 0 Å². The second-order valence-electron chi connectivity index (χ2n) is 9.58. The number of carbonyl (C=O) groups excluding carboxylic acids is 2. The number of para-hydroxylation sites is 1. The maximum absolute atomic E-state index is 13.8. The van der Waals surface area contributed by atoms with Gasteiger partial charge in [-0.1, -0.05) is 37.3 Å². The van der Waals surface area contributed by atoms with E-state index >= 15 is 0 Å². The predicted molar refractivity (Wildman–Crippen MR) is 117 cm³/mol. The molecule has 4 unspecified atom stereocenters. The molecule has 0 radical (unpaired) electrons. The minimum absolute atomic E-state index is 0.0425. The number of hydrogen-bond acceptors (Lipinski definition) is 3. The first-order valence-electron chi connectivity index (χ1n) is 11.1. The zero-order valence-electron chi connectivity index (χ0n) is 17.7. The van der Waals surface area contributed by atoms with Crippen LogP contribution < -0.4 is 16.0 Å². The van der Waals surface area contributed by atoms with E-state index in [1.54, 1.807) is 12.1 Å². The van der Waals surface area contributed by atoms with Crippen molar-refractivity contribution in [2.75, 3.05) is 11.9 Å². The Balaban J connectivity index is 1.29. The first kappa shape index (κ1) is 20.0. The summed E-state index contributed by atoms with van der Waals surface area (Å²) in [5.74, 6) is -0.151. The highest BCUT2D eigenvalue weighted by atomic mass is 19.1. The smallest absolute Gasteiger partial charge is 0.255 e. The van der Waals surface area contributed by atoms with E-state index in [1.165, 1.54) is 6.07 Å². The van der Waals surface area contributed by atoms with Crippen LogP contribution in [0.15, 0.2) is 48.5 Å². The summed E-state index contributed by atoms with van der Waals surface area (Å²) in [6, 6.07) is 14.3. The first-order valence-corrected chi connectivity index (χ1v) is 11.1. The van der Waals surface area contributed by atoms with Crippen molar-refractivity contribution in [3.05, 3.63) is 65.5 Å². The highest BCUT2D eigenvalue weighted by Gasteiger charge is 2.60. The van der Waals surface area contributed by atoms with Crippen molar-refractivity contribution in [3.63, 3.8) is 0 Å². The molecule has 0 aromatic heterocycles. The van der Waals surface area contributed by atoms with Crippen LogP contribution in [0.1, 0.15) is 48.5 Å². The maximum Gasteiger partial charge on any atom is 0.255 e. The van der Waals surface area contributed by atoms with E-state index < -0.39 is 5.66 Å². The van der Waals surface area contributed by atoms with Crippen molar-refractivity contribution < 1.29 is 14.0 Å². The van der Waals surface area contributed by atoms with Crippen molar-refractivity contribution in [1.29, 1.82) is 0 Å². The quantitative estimate of drug-likeness (QED) is 0.702. The summed E-state index contributed by atoms with van der Waals surface area (Å²) >= 11 is 0. The lowest BCUT2D eigenvalue weighted by molar-refractivity contribution is -0.139. The Labute approximate surface area is 181 Å². The van der Waals surface area contributed by atoms with Crippen LogP contribution in [0.5, 0.6) is 0 Å². The van der Waals surface area contributed by atoms with Gasteiger partial charge in [0.2, 0.25) is 5.91 Å². The normalized spacial score (nSPS) is 31.0. The summed E-state index contributed by atoms with van der Waals surface area (Å²) in [4.78, 5) is 25.9. The van der Waals surface area contributed by atoms with Gasteiger partial charge in [-0.25, -0.2) is 4.39 Å². The molecule has 3 N–H and O–H groups in total. The van der Waals surface area contributed by atoms with E-state index in [2.05, 4.69) is 22.9 Å². The van der Waals surface area contributed by atoms with Gasteiger partial charge < -0.3 is 16.0 Å². The molecule has 1 aliphatic heterocycles. The van der Waals surface area contributed by atoms with Crippen LogP contribution in [0.4, 0.5) is 10.1 Å². The van der Waals surface area contributed by atoms with Crippen LogP contribution in [-0.4, -0.2) is 24.0 Å². The van der Waals surface area contributed by atoms with Crippen LogP contribution in [0.2, 0.25) is 0 Å². The molecule has 1 heterocycles. The van der Waals surface area contributed by atoms with Gasteiger partial charge in [-0.15, -0.1) is 0 Å². The molecule has 3 fully saturated rings. The molecule has 4 aliphatic rings. The average molecular weight is 422 g/mol. The molecule has 5 nitrogen and oxygen atoms in total. The molecule has 6 rings (SSSR count). The molecule has 3 saturated carbocycles. The third-order valence-corrected chi connectivity index (χ3v) is 7.64. The Kier molecular flexibility index (Phi) is 4.76. The summed E-state index contributed by atoms with van der Waals surface area (Å²) in [6.07, 6.45) is 3.87. The van der Waals surface area contributed by atoms with Crippen LogP contribution >= 0.6 is 0 Å². The molecule has 3 aliphatic carbocycles. The zero-order chi connectivity index (χ0) is 21.6. The average Bonchev–Trinajstić information content (AvgIpc) is 2.74. The fourth-order valence-corrected chi connectivity index (χ4v) is 6.00. The van der Waals surface area contributed by atoms with E-state index in [0.717, 1.165) is 31.4 Å². The van der Waals surface area contributed by atoms with E-state index in [9.17, 15) is 14.0 Å². The second-order valence-corrected chi connectivity index (χ2v) is 9.58. The minimum Gasteiger partial charge on any atom is -0.362 e. The van der Waals surface area contributed by atoms with Gasteiger partial charge in [0.1, 0.15) is 11.5 Å². The molecule has 31 heavy (non-hydrogen) atoms. The molecular weight excluding hydrogens is 393 g/mol. The van der Waals surface area contributed by atoms with Crippen LogP contribution in [0.3, 0.4) is 0 Å². The maximum atomic E-state index is 13.8. The van der Waals surface area contributed by atoms with Crippen LogP contribution in [0.25, 0.3) is 0 Å². The molecule has 2 bridgehead atoms. The predicted octanol–water partition coefficient (Wildman–Crippen LogP) is 3.86. The van der Waals surface area contributed by atoms with Crippen LogP contribution in [0, 0.1) is 23.1 Å². The summed E-state index contributed by atoms with van der Waals surface area (Å²) in [7, 11) is 0. The van der Waals surface area contributed by atoms with Crippen LogP contribution in [-0.2, 0) is 11.2 Å². The van der Waals surface area contributed by atoms with Gasteiger partial charge in [0.25, 0.3) is 5.91 Å². The Morgan fingerprint density at radius 3 is 2.74 bits per heavy atom. The lowest BCUT2D eigenvalue weighted by Crippen LogP contribution is -2.70. The van der Waals surface area contributed by atoms with Gasteiger partial charge >= 0.3 is 0 Å². The Morgan fingerprint density at radius 1 is 1.16 bits per heavy atom. The van der Waals surface area contributed by atoms with E-state index in [4.69, 9.17) is 0 Å². The summed E-state index contributed by atoms with van der Waals surface area (Å²) < 4.78 is 13.8. The number of halogens is 1. The molecule has 4 atom stereocenters. The number of fused-ring (bicyclic) bond motifs is 3. The zero-order valence-corrected chi connectivity index (χ0v) is 17.7. The number of nitrogens with one attached hydrogen (secondary N) is 3. The molecule has 0 saturated heterocycles. The van der Waals surface area contributed by atoms with Gasteiger partial charge in [0, 0.05) is 24.1 Å². The molecule has 1 spiro atoms. The summed E-state index contributed by atoms with van der Waals surface area (Å²) in [5.41, 5.74) is 1.45. The Hall–Kier alpha value is -2.89. The van der Waals surface area contributed by atoms with E-state index in [1.807, 2.05) is 30.3 Å². The molecule has 2 amide bonds. The molecule has 2 aromatic carbocycles. The summed E-state index contributed by atoms with van der Waals surface area (Å²) in [5, 5.41) is 9.92. The Morgan fingerprint density at radius 2 is 1.94 bits per heavy atom.